The maximum atomic E-state index is 15.6. The van der Waals surface area contributed by atoms with Gasteiger partial charge in [-0.1, -0.05) is 48.9 Å². The minimum absolute atomic E-state index is 0.160. The molecular formula is C29H28F2O3. The highest BCUT2D eigenvalue weighted by Gasteiger charge is 2.40. The molecule has 5 rings (SSSR count). The van der Waals surface area contributed by atoms with Crippen molar-refractivity contribution in [2.45, 2.75) is 51.6 Å². The van der Waals surface area contributed by atoms with Crippen LogP contribution in [0.2, 0.25) is 0 Å². The van der Waals surface area contributed by atoms with Crippen LogP contribution in [0.3, 0.4) is 0 Å². The molecule has 5 heteroatoms. The van der Waals surface area contributed by atoms with Gasteiger partial charge < -0.3 is 9.84 Å². The smallest absolute Gasteiger partial charge is 0.306 e. The Labute approximate surface area is 198 Å². The van der Waals surface area contributed by atoms with Crippen LogP contribution >= 0.6 is 0 Å². The summed E-state index contributed by atoms with van der Waals surface area (Å²) in [6.07, 6.45) is 3.02. The van der Waals surface area contributed by atoms with Crippen LogP contribution in [0.1, 0.15) is 60.5 Å². The molecule has 0 aliphatic heterocycles. The molecular weight excluding hydrogens is 434 g/mol. The van der Waals surface area contributed by atoms with Gasteiger partial charge in [-0.25, -0.2) is 8.78 Å². The van der Waals surface area contributed by atoms with E-state index in [-0.39, 0.29) is 29.5 Å². The van der Waals surface area contributed by atoms with Crippen LogP contribution in [-0.2, 0) is 11.2 Å². The number of aryl methyl sites for hydroxylation is 2. The van der Waals surface area contributed by atoms with E-state index in [1.807, 2.05) is 31.2 Å². The topological polar surface area (TPSA) is 46.5 Å². The summed E-state index contributed by atoms with van der Waals surface area (Å²) in [4.78, 5) is 11.7. The van der Waals surface area contributed by atoms with Crippen LogP contribution in [0.5, 0.6) is 5.75 Å². The lowest BCUT2D eigenvalue weighted by Crippen LogP contribution is -2.22. The first kappa shape index (κ1) is 22.6. The number of fused-ring (bicyclic) bond motifs is 1. The van der Waals surface area contributed by atoms with Crippen molar-refractivity contribution in [3.05, 3.63) is 88.5 Å². The van der Waals surface area contributed by atoms with E-state index in [4.69, 9.17) is 4.74 Å². The van der Waals surface area contributed by atoms with E-state index < -0.39 is 17.7 Å². The summed E-state index contributed by atoms with van der Waals surface area (Å²) >= 11 is 0. The third-order valence-electron chi connectivity index (χ3n) is 7.28. The normalized spacial score (nSPS) is 18.9. The van der Waals surface area contributed by atoms with E-state index >= 15 is 4.39 Å². The second-order valence-corrected chi connectivity index (χ2v) is 9.69. The first-order valence-electron chi connectivity index (χ1n) is 11.9. The molecule has 1 fully saturated rings. The second-order valence-electron chi connectivity index (χ2n) is 9.69. The molecule has 0 radical (unpaired) electrons. The van der Waals surface area contributed by atoms with Gasteiger partial charge in [0, 0.05) is 11.5 Å². The van der Waals surface area contributed by atoms with Crippen LogP contribution in [0.15, 0.2) is 54.6 Å². The number of hydrogen-bond donors (Lipinski definition) is 1. The zero-order chi connectivity index (χ0) is 24.0. The number of carbonyl (C=O) groups is 1. The van der Waals surface area contributed by atoms with Crippen LogP contribution in [0, 0.1) is 30.4 Å². The van der Waals surface area contributed by atoms with Crippen LogP contribution in [0.4, 0.5) is 8.78 Å². The molecule has 34 heavy (non-hydrogen) atoms. The Morgan fingerprint density at radius 2 is 1.85 bits per heavy atom. The monoisotopic (exact) mass is 462 g/mol. The number of hydrogen-bond acceptors (Lipinski definition) is 2. The van der Waals surface area contributed by atoms with Gasteiger partial charge in [-0.3, -0.25) is 4.79 Å². The molecule has 0 saturated heterocycles. The van der Waals surface area contributed by atoms with Gasteiger partial charge in [0.25, 0.3) is 0 Å². The van der Waals surface area contributed by atoms with Crippen molar-refractivity contribution in [1.29, 1.82) is 0 Å². The first-order valence-corrected chi connectivity index (χ1v) is 11.9. The first-order chi connectivity index (χ1) is 16.3. The molecule has 3 aromatic carbocycles. The molecule has 0 bridgehead atoms. The maximum Gasteiger partial charge on any atom is 0.306 e. The molecule has 1 saturated carbocycles. The lowest BCUT2D eigenvalue weighted by atomic mass is 9.83. The number of rotatable bonds is 7. The molecule has 0 amide bonds. The number of benzene rings is 3. The fourth-order valence-corrected chi connectivity index (χ4v) is 5.30. The minimum atomic E-state index is -0.909. The highest BCUT2D eigenvalue weighted by molar-refractivity contribution is 5.71. The summed E-state index contributed by atoms with van der Waals surface area (Å²) in [5, 5.41) is 9.55. The largest absolute Gasteiger partial charge is 0.483 e. The van der Waals surface area contributed by atoms with E-state index in [2.05, 4.69) is 0 Å². The Morgan fingerprint density at radius 1 is 1.06 bits per heavy atom. The summed E-state index contributed by atoms with van der Waals surface area (Å²) in [7, 11) is 0. The fraction of sp³-hybridized carbons (Fsp3) is 0.345. The van der Waals surface area contributed by atoms with Crippen molar-refractivity contribution >= 4 is 5.97 Å². The van der Waals surface area contributed by atoms with Gasteiger partial charge in [-0.2, -0.15) is 0 Å². The predicted molar refractivity (Wildman–Crippen MR) is 127 cm³/mol. The second kappa shape index (κ2) is 8.86. The Balaban J connectivity index is 1.41. The van der Waals surface area contributed by atoms with Crippen molar-refractivity contribution in [3.63, 3.8) is 0 Å². The quantitative estimate of drug-likeness (QED) is 0.403. The number of halogens is 2. The van der Waals surface area contributed by atoms with Crippen molar-refractivity contribution in [3.8, 4) is 16.9 Å². The molecule has 2 aliphatic carbocycles. The SMILES string of the molecule is Cc1ccc(F)c(-c2ccc3c(c2)CC[C@H]3Oc2cccc([C@H](C3CC3)[C@H](C)C(=O)O)c2F)c1. The van der Waals surface area contributed by atoms with E-state index in [1.54, 1.807) is 31.2 Å². The summed E-state index contributed by atoms with van der Waals surface area (Å²) in [5.41, 5.74) is 4.89. The predicted octanol–water partition coefficient (Wildman–Crippen LogP) is 7.22. The van der Waals surface area contributed by atoms with Crippen molar-refractivity contribution < 1.29 is 23.4 Å². The zero-order valence-corrected chi connectivity index (χ0v) is 19.4. The van der Waals surface area contributed by atoms with Gasteiger partial charge in [0.2, 0.25) is 0 Å². The summed E-state index contributed by atoms with van der Waals surface area (Å²) in [5.74, 6) is -2.28. The molecule has 3 aromatic rings. The van der Waals surface area contributed by atoms with Gasteiger partial charge in [0.1, 0.15) is 11.9 Å². The maximum absolute atomic E-state index is 15.6. The van der Waals surface area contributed by atoms with Crippen LogP contribution in [-0.4, -0.2) is 11.1 Å². The van der Waals surface area contributed by atoms with E-state index in [0.717, 1.165) is 41.5 Å². The zero-order valence-electron chi connectivity index (χ0n) is 19.4. The van der Waals surface area contributed by atoms with Gasteiger partial charge in [0.15, 0.2) is 11.6 Å². The molecule has 0 heterocycles. The molecule has 0 aromatic heterocycles. The number of ether oxygens (including phenoxy) is 1. The Bertz CT molecular complexity index is 1250. The molecule has 2 aliphatic rings. The van der Waals surface area contributed by atoms with Gasteiger partial charge >= 0.3 is 5.97 Å². The van der Waals surface area contributed by atoms with Crippen molar-refractivity contribution in [2.24, 2.45) is 11.8 Å². The number of aliphatic carboxylic acids is 1. The van der Waals surface area contributed by atoms with Crippen molar-refractivity contribution in [2.75, 3.05) is 0 Å². The lowest BCUT2D eigenvalue weighted by molar-refractivity contribution is -0.142. The van der Waals surface area contributed by atoms with E-state index in [1.165, 1.54) is 6.07 Å². The van der Waals surface area contributed by atoms with Gasteiger partial charge in [0.05, 0.1) is 5.92 Å². The molecule has 0 unspecified atom stereocenters. The summed E-state index contributed by atoms with van der Waals surface area (Å²) in [6.45, 7) is 3.59. The van der Waals surface area contributed by atoms with Crippen LogP contribution < -0.4 is 4.74 Å². The third kappa shape index (κ3) is 4.20. The molecule has 1 N–H and O–H groups in total. The lowest BCUT2D eigenvalue weighted by Gasteiger charge is -2.23. The molecule has 3 atom stereocenters. The summed E-state index contributed by atoms with van der Waals surface area (Å²) in [6, 6.07) is 16.0. The van der Waals surface area contributed by atoms with Gasteiger partial charge in [-0.15, -0.1) is 0 Å². The van der Waals surface area contributed by atoms with E-state index in [0.29, 0.717) is 17.5 Å². The van der Waals surface area contributed by atoms with Crippen molar-refractivity contribution in [1.82, 2.24) is 0 Å². The summed E-state index contributed by atoms with van der Waals surface area (Å²) < 4.78 is 36.1. The Hall–Kier alpha value is -3.21. The molecule has 0 spiro atoms. The Kier molecular flexibility index (Phi) is 5.88. The highest BCUT2D eigenvalue weighted by Crippen LogP contribution is 2.48. The average Bonchev–Trinajstić information content (AvgIpc) is 3.58. The molecule has 176 valence electrons. The average molecular weight is 463 g/mol. The number of carboxylic acids is 1. The minimum Gasteiger partial charge on any atom is -0.483 e. The number of carboxylic acid groups (broad SMARTS) is 1. The van der Waals surface area contributed by atoms with Gasteiger partial charge in [-0.05, 0) is 79.0 Å². The van der Waals surface area contributed by atoms with Crippen LogP contribution in [0.25, 0.3) is 11.1 Å². The molecule has 3 nitrogen and oxygen atoms in total. The standard InChI is InChI=1S/C29H28F2O3/c1-16-6-12-24(30)23(14-16)20-9-11-21-19(15-20)10-13-25(21)34-26-5-3-4-22(28(26)31)27(18-7-8-18)17(2)29(32)33/h3-6,9,11-12,14-15,17-18,25,27H,7-8,10,13H2,1-2H3,(H,32,33)/t17-,25+,27-/m0/s1. The van der Waals surface area contributed by atoms with E-state index in [9.17, 15) is 14.3 Å². The third-order valence-corrected chi connectivity index (χ3v) is 7.28. The fourth-order valence-electron chi connectivity index (χ4n) is 5.30. The highest BCUT2D eigenvalue weighted by atomic mass is 19.1. The Morgan fingerprint density at radius 3 is 2.59 bits per heavy atom.